The summed E-state index contributed by atoms with van der Waals surface area (Å²) in [5.41, 5.74) is 6.58. The minimum atomic E-state index is -0.456. The molecule has 1 aromatic rings. The van der Waals surface area contributed by atoms with Crippen LogP contribution in [0.15, 0.2) is 18.2 Å². The number of carbonyl (C=O) groups excluding carboxylic acids is 1. The van der Waals surface area contributed by atoms with E-state index < -0.39 is 5.91 Å². The van der Waals surface area contributed by atoms with Crippen molar-refractivity contribution >= 4 is 11.6 Å². The van der Waals surface area contributed by atoms with Gasteiger partial charge in [-0.1, -0.05) is 0 Å². The molecule has 1 fully saturated rings. The number of rotatable bonds is 4. The van der Waals surface area contributed by atoms with Crippen molar-refractivity contribution in [1.82, 2.24) is 0 Å². The average molecular weight is 206 g/mol. The maximum atomic E-state index is 11.2. The zero-order chi connectivity index (χ0) is 10.8. The fourth-order valence-electron chi connectivity index (χ4n) is 1.35. The van der Waals surface area contributed by atoms with Crippen molar-refractivity contribution in [1.29, 1.82) is 0 Å². The van der Waals surface area contributed by atoms with E-state index in [2.05, 4.69) is 5.32 Å². The van der Waals surface area contributed by atoms with Gasteiger partial charge in [-0.3, -0.25) is 4.79 Å². The topological polar surface area (TPSA) is 64.3 Å². The van der Waals surface area contributed by atoms with Gasteiger partial charge in [-0.2, -0.15) is 0 Å². The molecule has 0 radical (unpaired) electrons. The van der Waals surface area contributed by atoms with E-state index in [0.29, 0.717) is 11.3 Å². The number of amides is 1. The van der Waals surface area contributed by atoms with Gasteiger partial charge in [0.05, 0.1) is 11.7 Å². The molecule has 4 heteroatoms. The van der Waals surface area contributed by atoms with E-state index >= 15 is 0 Å². The molecule has 0 atom stereocenters. The highest BCUT2D eigenvalue weighted by Gasteiger charge is 2.25. The smallest absolute Gasteiger partial charge is 0.252 e. The van der Waals surface area contributed by atoms with Crippen LogP contribution in [0.1, 0.15) is 23.2 Å². The van der Waals surface area contributed by atoms with Gasteiger partial charge in [0.1, 0.15) is 5.75 Å². The van der Waals surface area contributed by atoms with Crippen molar-refractivity contribution < 1.29 is 9.53 Å². The highest BCUT2D eigenvalue weighted by atomic mass is 16.5. The van der Waals surface area contributed by atoms with E-state index in [0.717, 1.165) is 18.5 Å². The van der Waals surface area contributed by atoms with Gasteiger partial charge >= 0.3 is 0 Å². The Morgan fingerprint density at radius 1 is 1.53 bits per heavy atom. The summed E-state index contributed by atoms with van der Waals surface area (Å²) in [6.45, 7) is 0. The zero-order valence-electron chi connectivity index (χ0n) is 8.62. The molecule has 1 saturated carbocycles. The van der Waals surface area contributed by atoms with Crippen LogP contribution in [0, 0.1) is 0 Å². The summed E-state index contributed by atoms with van der Waals surface area (Å²) >= 11 is 0. The van der Waals surface area contributed by atoms with E-state index in [1.54, 1.807) is 19.2 Å². The lowest BCUT2D eigenvalue weighted by Crippen LogP contribution is -2.14. The lowest BCUT2D eigenvalue weighted by molar-refractivity contribution is 0.0996. The molecule has 3 N–H and O–H groups in total. The number of benzene rings is 1. The minimum Gasteiger partial charge on any atom is -0.490 e. The Morgan fingerprint density at radius 2 is 2.27 bits per heavy atom. The lowest BCUT2D eigenvalue weighted by Gasteiger charge is -2.10. The van der Waals surface area contributed by atoms with Crippen LogP contribution < -0.4 is 15.8 Å². The summed E-state index contributed by atoms with van der Waals surface area (Å²) in [5.74, 6) is 0.131. The Hall–Kier alpha value is -1.71. The summed E-state index contributed by atoms with van der Waals surface area (Å²) in [7, 11) is 1.79. The minimum absolute atomic E-state index is 0.267. The second-order valence-electron chi connectivity index (χ2n) is 3.64. The van der Waals surface area contributed by atoms with Crippen molar-refractivity contribution in [3.05, 3.63) is 23.8 Å². The maximum Gasteiger partial charge on any atom is 0.252 e. The first-order chi connectivity index (χ1) is 7.20. The van der Waals surface area contributed by atoms with E-state index in [4.69, 9.17) is 10.5 Å². The van der Waals surface area contributed by atoms with Crippen LogP contribution in [0.2, 0.25) is 0 Å². The fraction of sp³-hybridized carbons (Fsp3) is 0.364. The summed E-state index contributed by atoms with van der Waals surface area (Å²) in [6.07, 6.45) is 2.39. The van der Waals surface area contributed by atoms with Gasteiger partial charge in [0, 0.05) is 12.7 Å². The van der Waals surface area contributed by atoms with Crippen molar-refractivity contribution in [3.63, 3.8) is 0 Å². The van der Waals surface area contributed by atoms with Gasteiger partial charge in [-0.05, 0) is 31.0 Å². The number of nitrogens with two attached hydrogens (primary N) is 1. The summed E-state index contributed by atoms with van der Waals surface area (Å²) in [5, 5.41) is 2.96. The third-order valence-corrected chi connectivity index (χ3v) is 2.35. The molecular weight excluding hydrogens is 192 g/mol. The molecule has 1 aliphatic carbocycles. The van der Waals surface area contributed by atoms with Crippen molar-refractivity contribution in [2.24, 2.45) is 5.73 Å². The van der Waals surface area contributed by atoms with Crippen LogP contribution in [-0.4, -0.2) is 19.1 Å². The van der Waals surface area contributed by atoms with Crippen LogP contribution >= 0.6 is 0 Å². The number of ether oxygens (including phenoxy) is 1. The third-order valence-electron chi connectivity index (χ3n) is 2.35. The molecule has 4 nitrogen and oxygen atoms in total. The van der Waals surface area contributed by atoms with Gasteiger partial charge in [0.25, 0.3) is 5.91 Å². The lowest BCUT2D eigenvalue weighted by atomic mass is 10.1. The summed E-state index contributed by atoms with van der Waals surface area (Å²) < 4.78 is 5.59. The van der Waals surface area contributed by atoms with Gasteiger partial charge in [0.2, 0.25) is 0 Å². The fourth-order valence-corrected chi connectivity index (χ4v) is 1.35. The highest BCUT2D eigenvalue weighted by molar-refractivity contribution is 5.96. The quantitative estimate of drug-likeness (QED) is 0.782. The van der Waals surface area contributed by atoms with Gasteiger partial charge in [-0.25, -0.2) is 0 Å². The first-order valence-electron chi connectivity index (χ1n) is 4.99. The van der Waals surface area contributed by atoms with E-state index in [1.165, 1.54) is 0 Å². The Balaban J connectivity index is 2.29. The molecule has 2 rings (SSSR count). The average Bonchev–Trinajstić information content (AvgIpc) is 3.02. The number of anilines is 1. The molecule has 0 aromatic heterocycles. The van der Waals surface area contributed by atoms with Crippen molar-refractivity contribution in [2.45, 2.75) is 18.9 Å². The monoisotopic (exact) mass is 206 g/mol. The number of nitrogens with one attached hydrogen (secondary N) is 1. The van der Waals surface area contributed by atoms with E-state index in [-0.39, 0.29) is 6.10 Å². The number of hydrogen-bond donors (Lipinski definition) is 2. The first kappa shape index (κ1) is 9.83. The molecular formula is C11H14N2O2. The first-order valence-corrected chi connectivity index (χ1v) is 4.99. The molecule has 0 spiro atoms. The van der Waals surface area contributed by atoms with Gasteiger partial charge in [-0.15, -0.1) is 0 Å². The zero-order valence-corrected chi connectivity index (χ0v) is 8.62. The molecule has 0 aliphatic heterocycles. The Labute approximate surface area is 88.4 Å². The Bertz CT molecular complexity index is 386. The maximum absolute atomic E-state index is 11.2. The normalized spacial score (nSPS) is 14.7. The molecule has 1 aliphatic rings. The number of hydrogen-bond acceptors (Lipinski definition) is 3. The van der Waals surface area contributed by atoms with E-state index in [1.807, 2.05) is 6.07 Å². The number of carbonyl (C=O) groups is 1. The SMILES string of the molecule is CNc1ccc(OC2CC2)c(C(N)=O)c1. The van der Waals surface area contributed by atoms with Crippen molar-refractivity contribution in [3.8, 4) is 5.75 Å². The molecule has 15 heavy (non-hydrogen) atoms. The van der Waals surface area contributed by atoms with Crippen LogP contribution in [0.4, 0.5) is 5.69 Å². The van der Waals surface area contributed by atoms with Crippen LogP contribution in [-0.2, 0) is 0 Å². The second kappa shape index (κ2) is 3.81. The van der Waals surface area contributed by atoms with Crippen LogP contribution in [0.3, 0.4) is 0 Å². The second-order valence-corrected chi connectivity index (χ2v) is 3.64. The van der Waals surface area contributed by atoms with Crippen LogP contribution in [0.25, 0.3) is 0 Å². The molecule has 0 saturated heterocycles. The standard InChI is InChI=1S/C11H14N2O2/c1-13-7-2-5-10(15-8-3-4-8)9(6-7)11(12)14/h2,5-6,8,13H,3-4H2,1H3,(H2,12,14). The van der Waals surface area contributed by atoms with Crippen molar-refractivity contribution in [2.75, 3.05) is 12.4 Å². The summed E-state index contributed by atoms with van der Waals surface area (Å²) in [4.78, 5) is 11.2. The molecule has 0 heterocycles. The molecule has 80 valence electrons. The summed E-state index contributed by atoms with van der Waals surface area (Å²) in [6, 6.07) is 5.36. The van der Waals surface area contributed by atoms with Crippen LogP contribution in [0.5, 0.6) is 5.75 Å². The predicted octanol–water partition coefficient (Wildman–Crippen LogP) is 1.37. The van der Waals surface area contributed by atoms with Gasteiger partial charge < -0.3 is 15.8 Å². The molecule has 0 bridgehead atoms. The molecule has 1 aromatic carbocycles. The largest absolute Gasteiger partial charge is 0.490 e. The predicted molar refractivity (Wildman–Crippen MR) is 58.2 cm³/mol. The third kappa shape index (κ3) is 2.21. The van der Waals surface area contributed by atoms with E-state index in [9.17, 15) is 4.79 Å². The Morgan fingerprint density at radius 3 is 2.80 bits per heavy atom. The van der Waals surface area contributed by atoms with Gasteiger partial charge in [0.15, 0.2) is 0 Å². The molecule has 0 unspecified atom stereocenters. The highest BCUT2D eigenvalue weighted by Crippen LogP contribution is 2.30. The number of primary amides is 1. The molecule has 1 amide bonds. The Kier molecular flexibility index (Phi) is 2.49.